The van der Waals surface area contributed by atoms with Gasteiger partial charge in [-0.05, 0) is 36.9 Å². The van der Waals surface area contributed by atoms with Crippen LogP contribution in [0.25, 0.3) is 0 Å². The van der Waals surface area contributed by atoms with Crippen molar-refractivity contribution in [2.24, 2.45) is 11.7 Å². The van der Waals surface area contributed by atoms with Crippen LogP contribution < -0.4 is 15.2 Å². The first kappa shape index (κ1) is 11.7. The monoisotopic (exact) mass is 285 g/mol. The lowest BCUT2D eigenvalue weighted by Gasteiger charge is -2.13. The van der Waals surface area contributed by atoms with Crippen LogP contribution in [0, 0.1) is 5.92 Å². The Morgan fingerprint density at radius 3 is 2.25 bits per heavy atom. The lowest BCUT2D eigenvalue weighted by molar-refractivity contribution is 0.384. The summed E-state index contributed by atoms with van der Waals surface area (Å²) < 4.78 is 11.8. The number of hydrogen-bond acceptors (Lipinski definition) is 3. The summed E-state index contributed by atoms with van der Waals surface area (Å²) in [5.41, 5.74) is 6.84. The molecule has 1 aliphatic rings. The number of nitrogens with two attached hydrogens (primary N) is 1. The molecule has 0 spiro atoms. The number of halogens is 1. The number of rotatable bonds is 4. The van der Waals surface area contributed by atoms with E-state index in [0.29, 0.717) is 11.8 Å². The predicted molar refractivity (Wildman–Crippen MR) is 67.1 cm³/mol. The zero-order valence-corrected chi connectivity index (χ0v) is 11.1. The van der Waals surface area contributed by atoms with E-state index in [1.165, 1.54) is 0 Å². The van der Waals surface area contributed by atoms with E-state index in [1.807, 2.05) is 12.1 Å². The predicted octanol–water partition coefficient (Wildman–Crippen LogP) is 2.53. The van der Waals surface area contributed by atoms with Crippen LogP contribution >= 0.6 is 15.9 Å². The molecule has 16 heavy (non-hydrogen) atoms. The molecule has 2 atom stereocenters. The molecule has 0 amide bonds. The van der Waals surface area contributed by atoms with Gasteiger partial charge in [0.15, 0.2) is 0 Å². The van der Waals surface area contributed by atoms with E-state index in [1.54, 1.807) is 14.2 Å². The molecule has 1 aromatic rings. The summed E-state index contributed by atoms with van der Waals surface area (Å²) in [7, 11) is 3.37. The second-order valence-corrected chi connectivity index (χ2v) is 4.98. The minimum atomic E-state index is 0.489. The Balaban J connectivity index is 2.41. The molecule has 1 aromatic carbocycles. The number of hydrogen-bond donors (Lipinski definition) is 1. The second-order valence-electron chi connectivity index (χ2n) is 4.06. The highest BCUT2D eigenvalue weighted by Gasteiger charge is 2.40. The van der Waals surface area contributed by atoms with Gasteiger partial charge in [-0.15, -0.1) is 0 Å². The lowest BCUT2D eigenvalue weighted by Crippen LogP contribution is -2.03. The van der Waals surface area contributed by atoms with Crippen LogP contribution in [-0.2, 0) is 0 Å². The minimum Gasteiger partial charge on any atom is -0.496 e. The topological polar surface area (TPSA) is 44.5 Å². The molecule has 0 radical (unpaired) electrons. The molecule has 1 saturated carbocycles. The van der Waals surface area contributed by atoms with Crippen molar-refractivity contribution in [3.05, 3.63) is 22.2 Å². The van der Waals surface area contributed by atoms with Gasteiger partial charge in [0.05, 0.1) is 14.2 Å². The zero-order valence-electron chi connectivity index (χ0n) is 9.50. The van der Waals surface area contributed by atoms with E-state index in [-0.39, 0.29) is 0 Å². The summed E-state index contributed by atoms with van der Waals surface area (Å²) in [6, 6.07) is 3.95. The van der Waals surface area contributed by atoms with Gasteiger partial charge in [-0.1, -0.05) is 15.9 Å². The average molecular weight is 286 g/mol. The Bertz CT molecular complexity index is 370. The Kier molecular flexibility index (Phi) is 3.40. The van der Waals surface area contributed by atoms with Crippen molar-refractivity contribution in [2.75, 3.05) is 20.8 Å². The fraction of sp³-hybridized carbons (Fsp3) is 0.500. The van der Waals surface area contributed by atoms with Crippen LogP contribution in [0.15, 0.2) is 16.6 Å². The van der Waals surface area contributed by atoms with Crippen molar-refractivity contribution in [3.8, 4) is 11.5 Å². The summed E-state index contributed by atoms with van der Waals surface area (Å²) in [5, 5.41) is 0. The van der Waals surface area contributed by atoms with E-state index in [0.717, 1.165) is 34.5 Å². The van der Waals surface area contributed by atoms with Gasteiger partial charge < -0.3 is 15.2 Å². The van der Waals surface area contributed by atoms with Gasteiger partial charge in [0.25, 0.3) is 0 Å². The normalized spacial score (nSPS) is 23.0. The van der Waals surface area contributed by atoms with Crippen molar-refractivity contribution >= 4 is 15.9 Å². The Labute approximate surface area is 104 Å². The SMILES string of the molecule is COc1cc(Br)cc(OC)c1C1CC1CN. The molecule has 0 aromatic heterocycles. The van der Waals surface area contributed by atoms with Crippen LogP contribution in [0.2, 0.25) is 0 Å². The average Bonchev–Trinajstić information content (AvgIpc) is 3.06. The summed E-state index contributed by atoms with van der Waals surface area (Å²) in [4.78, 5) is 0. The summed E-state index contributed by atoms with van der Waals surface area (Å²) in [6.07, 6.45) is 1.13. The summed E-state index contributed by atoms with van der Waals surface area (Å²) in [5.74, 6) is 2.83. The van der Waals surface area contributed by atoms with E-state index in [9.17, 15) is 0 Å². The third-order valence-corrected chi connectivity index (χ3v) is 3.56. The largest absolute Gasteiger partial charge is 0.496 e. The molecule has 0 bridgehead atoms. The molecular formula is C12H16BrNO2. The smallest absolute Gasteiger partial charge is 0.127 e. The fourth-order valence-corrected chi connectivity index (χ4v) is 2.55. The molecule has 3 nitrogen and oxygen atoms in total. The Morgan fingerprint density at radius 2 is 1.88 bits per heavy atom. The van der Waals surface area contributed by atoms with Gasteiger partial charge in [0.1, 0.15) is 11.5 Å². The standard InChI is InChI=1S/C12H16BrNO2/c1-15-10-4-8(13)5-11(16-2)12(10)9-3-7(9)6-14/h4-5,7,9H,3,6,14H2,1-2H3. The molecule has 88 valence electrons. The Hall–Kier alpha value is -0.740. The number of ether oxygens (including phenoxy) is 2. The second kappa shape index (κ2) is 4.63. The van der Waals surface area contributed by atoms with Gasteiger partial charge >= 0.3 is 0 Å². The van der Waals surface area contributed by atoms with E-state index < -0.39 is 0 Å². The van der Waals surface area contributed by atoms with E-state index in [4.69, 9.17) is 15.2 Å². The van der Waals surface area contributed by atoms with Gasteiger partial charge in [0, 0.05) is 10.0 Å². The molecule has 0 saturated heterocycles. The van der Waals surface area contributed by atoms with Gasteiger partial charge in [-0.3, -0.25) is 0 Å². The maximum Gasteiger partial charge on any atom is 0.127 e. The first-order chi connectivity index (χ1) is 7.71. The summed E-state index contributed by atoms with van der Waals surface area (Å²) in [6.45, 7) is 0.729. The van der Waals surface area contributed by atoms with Gasteiger partial charge in [-0.25, -0.2) is 0 Å². The zero-order chi connectivity index (χ0) is 11.7. The van der Waals surface area contributed by atoms with Crippen LogP contribution in [0.5, 0.6) is 11.5 Å². The first-order valence-corrected chi connectivity index (χ1v) is 6.12. The van der Waals surface area contributed by atoms with Crippen LogP contribution in [0.3, 0.4) is 0 Å². The van der Waals surface area contributed by atoms with Crippen molar-refractivity contribution in [3.63, 3.8) is 0 Å². The Morgan fingerprint density at radius 1 is 1.31 bits per heavy atom. The molecular weight excluding hydrogens is 270 g/mol. The molecule has 1 fully saturated rings. The highest BCUT2D eigenvalue weighted by atomic mass is 79.9. The van der Waals surface area contributed by atoms with Crippen LogP contribution in [0.1, 0.15) is 17.9 Å². The van der Waals surface area contributed by atoms with Crippen LogP contribution in [0.4, 0.5) is 0 Å². The molecule has 2 rings (SSSR count). The lowest BCUT2D eigenvalue weighted by atomic mass is 10.1. The van der Waals surface area contributed by atoms with Crippen molar-refractivity contribution in [2.45, 2.75) is 12.3 Å². The molecule has 4 heteroatoms. The molecule has 1 aliphatic carbocycles. The van der Waals surface area contributed by atoms with E-state index in [2.05, 4.69) is 15.9 Å². The van der Waals surface area contributed by atoms with Gasteiger partial charge in [0.2, 0.25) is 0 Å². The first-order valence-electron chi connectivity index (χ1n) is 5.32. The number of methoxy groups -OCH3 is 2. The molecule has 0 aliphatic heterocycles. The van der Waals surface area contributed by atoms with Crippen molar-refractivity contribution < 1.29 is 9.47 Å². The van der Waals surface area contributed by atoms with Crippen molar-refractivity contribution in [1.82, 2.24) is 0 Å². The fourth-order valence-electron chi connectivity index (χ4n) is 2.13. The molecule has 0 heterocycles. The highest BCUT2D eigenvalue weighted by Crippen LogP contribution is 2.53. The maximum atomic E-state index is 5.68. The van der Waals surface area contributed by atoms with Gasteiger partial charge in [-0.2, -0.15) is 0 Å². The quantitative estimate of drug-likeness (QED) is 0.925. The molecule has 2 N–H and O–H groups in total. The number of benzene rings is 1. The van der Waals surface area contributed by atoms with Crippen molar-refractivity contribution in [1.29, 1.82) is 0 Å². The third kappa shape index (κ3) is 2.04. The highest BCUT2D eigenvalue weighted by molar-refractivity contribution is 9.10. The minimum absolute atomic E-state index is 0.489. The maximum absolute atomic E-state index is 5.68. The van der Waals surface area contributed by atoms with E-state index >= 15 is 0 Å². The summed E-state index contributed by atoms with van der Waals surface area (Å²) >= 11 is 3.45. The molecule has 2 unspecified atom stereocenters. The third-order valence-electron chi connectivity index (χ3n) is 3.10. The van der Waals surface area contributed by atoms with Crippen LogP contribution in [-0.4, -0.2) is 20.8 Å².